The highest BCUT2D eigenvalue weighted by molar-refractivity contribution is 5.99. The third kappa shape index (κ3) is 3.23. The van der Waals surface area contributed by atoms with Gasteiger partial charge in [-0.05, 0) is 24.8 Å². The molecule has 0 bridgehead atoms. The number of nitrogens with zero attached hydrogens (tertiary/aromatic N) is 1. The Morgan fingerprint density at radius 2 is 2.26 bits per heavy atom. The number of nitrogens with two attached hydrogens (primary N) is 1. The van der Waals surface area contributed by atoms with Crippen LogP contribution in [0.4, 0.5) is 5.69 Å². The summed E-state index contributed by atoms with van der Waals surface area (Å²) in [4.78, 5) is 16.3. The molecular formula is C14H22N4O. The predicted molar refractivity (Wildman–Crippen MR) is 75.6 cm³/mol. The first-order valence-electron chi connectivity index (χ1n) is 6.97. The van der Waals surface area contributed by atoms with Crippen molar-refractivity contribution in [2.45, 2.75) is 45.1 Å². The van der Waals surface area contributed by atoms with E-state index in [-0.39, 0.29) is 11.9 Å². The van der Waals surface area contributed by atoms with Gasteiger partial charge in [0.2, 0.25) is 0 Å². The Morgan fingerprint density at radius 3 is 3.00 bits per heavy atom. The van der Waals surface area contributed by atoms with E-state index in [9.17, 15) is 4.79 Å². The van der Waals surface area contributed by atoms with Crippen LogP contribution in [0.5, 0.6) is 0 Å². The summed E-state index contributed by atoms with van der Waals surface area (Å²) in [5.74, 6) is 5.91. The number of nitrogen functional groups attached to an aromatic ring is 1. The highest BCUT2D eigenvalue weighted by Crippen LogP contribution is 2.27. The summed E-state index contributed by atoms with van der Waals surface area (Å²) in [6, 6.07) is 1.98. The highest BCUT2D eigenvalue weighted by atomic mass is 16.1. The quantitative estimate of drug-likeness (QED) is 0.573. The fourth-order valence-corrected chi connectivity index (χ4v) is 2.83. The van der Waals surface area contributed by atoms with Crippen molar-refractivity contribution in [3.63, 3.8) is 0 Å². The molecule has 0 aliphatic heterocycles. The standard InChI is InChI=1S/C14H22N4O/c1-2-10-5-3-4-6-12(10)17-14(19)11-9-16-8-7-13(11)18-15/h7-10,12H,2-6,15H2,1H3,(H,16,18)(H,17,19). The maximum absolute atomic E-state index is 12.3. The summed E-state index contributed by atoms with van der Waals surface area (Å²) in [6.45, 7) is 2.19. The van der Waals surface area contributed by atoms with Gasteiger partial charge in [-0.3, -0.25) is 15.6 Å². The second-order valence-corrected chi connectivity index (χ2v) is 5.10. The van der Waals surface area contributed by atoms with Gasteiger partial charge in [-0.15, -0.1) is 0 Å². The van der Waals surface area contributed by atoms with Crippen LogP contribution in [-0.4, -0.2) is 16.9 Å². The molecule has 1 aromatic heterocycles. The first kappa shape index (κ1) is 13.8. The normalized spacial score (nSPS) is 22.8. The molecule has 0 saturated heterocycles. The Balaban J connectivity index is 2.07. The van der Waals surface area contributed by atoms with Gasteiger partial charge in [0.1, 0.15) is 0 Å². The van der Waals surface area contributed by atoms with Gasteiger partial charge in [-0.2, -0.15) is 0 Å². The predicted octanol–water partition coefficient (Wildman–Crippen LogP) is 2.07. The van der Waals surface area contributed by atoms with E-state index in [0.717, 1.165) is 12.8 Å². The molecule has 2 rings (SSSR count). The summed E-state index contributed by atoms with van der Waals surface area (Å²) in [5, 5.41) is 3.14. The van der Waals surface area contributed by atoms with Crippen LogP contribution in [0.15, 0.2) is 18.5 Å². The summed E-state index contributed by atoms with van der Waals surface area (Å²) in [6.07, 6.45) is 9.01. The zero-order valence-electron chi connectivity index (χ0n) is 11.4. The Kier molecular flexibility index (Phi) is 4.74. The van der Waals surface area contributed by atoms with Crippen LogP contribution in [0.2, 0.25) is 0 Å². The number of hydrogen-bond donors (Lipinski definition) is 3. The van der Waals surface area contributed by atoms with Crippen molar-refractivity contribution >= 4 is 11.6 Å². The summed E-state index contributed by atoms with van der Waals surface area (Å²) in [5.41, 5.74) is 3.65. The molecule has 5 nitrogen and oxygen atoms in total. The number of carbonyl (C=O) groups excluding carboxylic acids is 1. The fraction of sp³-hybridized carbons (Fsp3) is 0.571. The molecule has 1 amide bonds. The van der Waals surface area contributed by atoms with Crippen LogP contribution < -0.4 is 16.6 Å². The molecule has 1 fully saturated rings. The fourth-order valence-electron chi connectivity index (χ4n) is 2.83. The third-order valence-electron chi connectivity index (χ3n) is 3.97. The molecule has 1 aliphatic carbocycles. The number of amides is 1. The largest absolute Gasteiger partial charge is 0.349 e. The van der Waals surface area contributed by atoms with Crippen LogP contribution in [0.25, 0.3) is 0 Å². The van der Waals surface area contributed by atoms with Gasteiger partial charge in [-0.1, -0.05) is 26.2 Å². The maximum Gasteiger partial charge on any atom is 0.255 e. The second-order valence-electron chi connectivity index (χ2n) is 5.10. The number of carbonyl (C=O) groups is 1. The van der Waals surface area contributed by atoms with E-state index in [0.29, 0.717) is 17.2 Å². The van der Waals surface area contributed by atoms with Crippen LogP contribution >= 0.6 is 0 Å². The van der Waals surface area contributed by atoms with Gasteiger partial charge in [-0.25, -0.2) is 0 Å². The number of rotatable bonds is 4. The van der Waals surface area contributed by atoms with Gasteiger partial charge in [0.25, 0.3) is 5.91 Å². The Hall–Kier alpha value is -1.62. The average Bonchev–Trinajstić information content (AvgIpc) is 2.47. The van der Waals surface area contributed by atoms with Crippen molar-refractivity contribution < 1.29 is 4.79 Å². The number of hydrazine groups is 1. The van der Waals surface area contributed by atoms with Gasteiger partial charge in [0.15, 0.2) is 0 Å². The zero-order chi connectivity index (χ0) is 13.7. The lowest BCUT2D eigenvalue weighted by molar-refractivity contribution is 0.0905. The lowest BCUT2D eigenvalue weighted by Gasteiger charge is -2.31. The van der Waals surface area contributed by atoms with Crippen LogP contribution in [0.3, 0.4) is 0 Å². The molecule has 1 heterocycles. The van der Waals surface area contributed by atoms with Gasteiger partial charge < -0.3 is 10.7 Å². The van der Waals surface area contributed by atoms with Crippen molar-refractivity contribution in [2.24, 2.45) is 11.8 Å². The van der Waals surface area contributed by atoms with Crippen LogP contribution in [0, 0.1) is 5.92 Å². The third-order valence-corrected chi connectivity index (χ3v) is 3.97. The smallest absolute Gasteiger partial charge is 0.255 e. The van der Waals surface area contributed by atoms with E-state index < -0.39 is 0 Å². The van der Waals surface area contributed by atoms with Crippen molar-refractivity contribution in [1.82, 2.24) is 10.3 Å². The van der Waals surface area contributed by atoms with Crippen LogP contribution in [-0.2, 0) is 0 Å². The van der Waals surface area contributed by atoms with E-state index in [1.807, 2.05) is 0 Å². The molecule has 0 spiro atoms. The molecular weight excluding hydrogens is 240 g/mol. The molecule has 1 saturated carbocycles. The molecule has 104 valence electrons. The van der Waals surface area contributed by atoms with E-state index in [4.69, 9.17) is 5.84 Å². The van der Waals surface area contributed by atoms with Crippen LogP contribution in [0.1, 0.15) is 49.4 Å². The minimum Gasteiger partial charge on any atom is -0.349 e. The molecule has 5 heteroatoms. The van der Waals surface area contributed by atoms with Crippen molar-refractivity contribution in [1.29, 1.82) is 0 Å². The summed E-state index contributed by atoms with van der Waals surface area (Å²) in [7, 11) is 0. The highest BCUT2D eigenvalue weighted by Gasteiger charge is 2.26. The molecule has 1 aliphatic rings. The van der Waals surface area contributed by atoms with Gasteiger partial charge >= 0.3 is 0 Å². The number of hydrogen-bond acceptors (Lipinski definition) is 4. The van der Waals surface area contributed by atoms with Crippen molar-refractivity contribution in [2.75, 3.05) is 5.43 Å². The molecule has 0 aromatic carbocycles. The first-order chi connectivity index (χ1) is 9.26. The van der Waals surface area contributed by atoms with Gasteiger partial charge in [0, 0.05) is 18.4 Å². The molecule has 2 atom stereocenters. The van der Waals surface area contributed by atoms with Crippen molar-refractivity contribution in [3.05, 3.63) is 24.0 Å². The number of anilines is 1. The number of pyridine rings is 1. The maximum atomic E-state index is 12.3. The van der Waals surface area contributed by atoms with Gasteiger partial charge in [0.05, 0.1) is 11.3 Å². The Bertz CT molecular complexity index is 435. The topological polar surface area (TPSA) is 80.0 Å². The van der Waals surface area contributed by atoms with E-state index in [1.54, 1.807) is 18.5 Å². The monoisotopic (exact) mass is 262 g/mol. The SMILES string of the molecule is CCC1CCCCC1NC(=O)c1cnccc1NN. The molecule has 2 unspecified atom stereocenters. The van der Waals surface area contributed by atoms with Crippen molar-refractivity contribution in [3.8, 4) is 0 Å². The number of aromatic nitrogens is 1. The molecule has 1 aromatic rings. The number of nitrogens with one attached hydrogen (secondary N) is 2. The molecule has 0 radical (unpaired) electrons. The Morgan fingerprint density at radius 1 is 1.47 bits per heavy atom. The van der Waals surface area contributed by atoms with E-state index in [2.05, 4.69) is 22.7 Å². The van der Waals surface area contributed by atoms with E-state index in [1.165, 1.54) is 19.3 Å². The first-order valence-corrected chi connectivity index (χ1v) is 6.97. The lowest BCUT2D eigenvalue weighted by Crippen LogP contribution is -2.42. The minimum absolute atomic E-state index is 0.0913. The minimum atomic E-state index is -0.0913. The Labute approximate surface area is 114 Å². The second kappa shape index (κ2) is 6.52. The van der Waals surface area contributed by atoms with E-state index >= 15 is 0 Å². The lowest BCUT2D eigenvalue weighted by atomic mass is 9.83. The molecule has 4 N–H and O–H groups in total. The molecule has 19 heavy (non-hydrogen) atoms. The summed E-state index contributed by atoms with van der Waals surface area (Å²) < 4.78 is 0. The average molecular weight is 262 g/mol. The summed E-state index contributed by atoms with van der Waals surface area (Å²) >= 11 is 0. The zero-order valence-corrected chi connectivity index (χ0v) is 11.4.